The maximum atomic E-state index is 4.19. The summed E-state index contributed by atoms with van der Waals surface area (Å²) in [5.41, 5.74) is 1.18. The van der Waals surface area contributed by atoms with Gasteiger partial charge in [-0.3, -0.25) is 0 Å². The van der Waals surface area contributed by atoms with Crippen LogP contribution >= 0.6 is 22.6 Å². The van der Waals surface area contributed by atoms with Gasteiger partial charge in [0.25, 0.3) is 0 Å². The van der Waals surface area contributed by atoms with Crippen LogP contribution < -0.4 is 0 Å². The molecule has 0 bridgehead atoms. The molecule has 0 radical (unpaired) electrons. The molecule has 0 saturated heterocycles. The summed E-state index contributed by atoms with van der Waals surface area (Å²) in [7, 11) is 3.87. The molecule has 0 unspecified atom stereocenters. The first-order valence-corrected chi connectivity index (χ1v) is 5.00. The Hall–Kier alpha value is -0.650. The van der Waals surface area contributed by atoms with Crippen LogP contribution in [-0.4, -0.2) is 30.3 Å². The topological polar surface area (TPSA) is 28.5 Å². The first-order chi connectivity index (χ1) is 6.09. The fourth-order valence-corrected chi connectivity index (χ4v) is 1.15. The van der Waals surface area contributed by atoms with Gasteiger partial charge in [0, 0.05) is 23.9 Å². The van der Waals surface area contributed by atoms with E-state index in [0.29, 0.717) is 0 Å². The Balaban J connectivity index is 2.85. The zero-order valence-electron chi connectivity index (χ0n) is 7.95. The van der Waals surface area contributed by atoms with Crippen LogP contribution in [-0.2, 0) is 0 Å². The molecule has 0 atom stereocenters. The molecule has 0 aliphatic rings. The van der Waals surface area contributed by atoms with Crippen molar-refractivity contribution in [3.63, 3.8) is 0 Å². The Kier molecular flexibility index (Phi) is 3.65. The van der Waals surface area contributed by atoms with Crippen LogP contribution in [0.15, 0.2) is 17.3 Å². The number of hydrogen-bond donors (Lipinski definition) is 0. The van der Waals surface area contributed by atoms with Crippen molar-refractivity contribution in [3.05, 3.63) is 21.4 Å². The van der Waals surface area contributed by atoms with Gasteiger partial charge in [-0.15, -0.1) is 0 Å². The van der Waals surface area contributed by atoms with E-state index in [-0.39, 0.29) is 0 Å². The Morgan fingerprint density at radius 1 is 1.54 bits per heavy atom. The van der Waals surface area contributed by atoms with Crippen molar-refractivity contribution in [1.82, 2.24) is 9.88 Å². The smallest absolute Gasteiger partial charge is 0.154 e. The molecule has 0 saturated carbocycles. The van der Waals surface area contributed by atoms with Gasteiger partial charge >= 0.3 is 0 Å². The van der Waals surface area contributed by atoms with E-state index in [2.05, 4.69) is 32.6 Å². The highest BCUT2D eigenvalue weighted by Crippen LogP contribution is 2.15. The number of nitrogens with zero attached hydrogens (tertiary/aromatic N) is 3. The third kappa shape index (κ3) is 3.30. The number of pyridine rings is 1. The second-order valence-corrected chi connectivity index (χ2v) is 4.16. The molecule has 1 rings (SSSR count). The summed E-state index contributed by atoms with van der Waals surface area (Å²) < 4.78 is 1.19. The number of aromatic nitrogens is 1. The van der Waals surface area contributed by atoms with Crippen LogP contribution in [0.4, 0.5) is 5.82 Å². The summed E-state index contributed by atoms with van der Waals surface area (Å²) in [4.78, 5) is 10.3. The van der Waals surface area contributed by atoms with Gasteiger partial charge in [-0.25, -0.2) is 9.98 Å². The van der Waals surface area contributed by atoms with Gasteiger partial charge in [0.2, 0.25) is 0 Å². The highest BCUT2D eigenvalue weighted by Gasteiger charge is 1.95. The minimum absolute atomic E-state index is 0.753. The lowest BCUT2D eigenvalue weighted by molar-refractivity contribution is 0.643. The average molecular weight is 289 g/mol. The Labute approximate surface area is 92.0 Å². The number of aryl methyl sites for hydroxylation is 1. The third-order valence-electron chi connectivity index (χ3n) is 1.44. The van der Waals surface area contributed by atoms with Crippen molar-refractivity contribution in [3.8, 4) is 0 Å². The second-order valence-electron chi connectivity index (χ2n) is 3.00. The third-order valence-corrected chi connectivity index (χ3v) is 2.61. The molecule has 0 fully saturated rings. The molecule has 4 heteroatoms. The molecule has 1 aromatic rings. The van der Waals surface area contributed by atoms with Crippen LogP contribution in [0.1, 0.15) is 5.56 Å². The Morgan fingerprint density at radius 2 is 2.23 bits per heavy atom. The molecule has 0 aliphatic carbocycles. The van der Waals surface area contributed by atoms with Gasteiger partial charge in [0.05, 0.1) is 6.34 Å². The summed E-state index contributed by atoms with van der Waals surface area (Å²) >= 11 is 2.28. The highest BCUT2D eigenvalue weighted by atomic mass is 127. The molecule has 1 aromatic heterocycles. The number of rotatable bonds is 2. The fourth-order valence-electron chi connectivity index (χ4n) is 0.734. The molecule has 3 nitrogen and oxygen atoms in total. The molecule has 70 valence electrons. The van der Waals surface area contributed by atoms with Crippen molar-refractivity contribution in [2.75, 3.05) is 14.1 Å². The van der Waals surface area contributed by atoms with E-state index < -0.39 is 0 Å². The lowest BCUT2D eigenvalue weighted by atomic mass is 10.3. The van der Waals surface area contributed by atoms with Crippen LogP contribution in [0.2, 0.25) is 0 Å². The van der Waals surface area contributed by atoms with Crippen molar-refractivity contribution >= 4 is 34.7 Å². The van der Waals surface area contributed by atoms with E-state index >= 15 is 0 Å². The monoisotopic (exact) mass is 289 g/mol. The maximum absolute atomic E-state index is 4.19. The highest BCUT2D eigenvalue weighted by molar-refractivity contribution is 14.1. The predicted octanol–water partition coefficient (Wildman–Crippen LogP) is 2.22. The molecular weight excluding hydrogens is 277 g/mol. The summed E-state index contributed by atoms with van der Waals surface area (Å²) in [6.07, 6.45) is 3.58. The van der Waals surface area contributed by atoms with Crippen LogP contribution in [0, 0.1) is 10.5 Å². The summed E-state index contributed by atoms with van der Waals surface area (Å²) in [5.74, 6) is 0.753. The number of halogens is 1. The first-order valence-electron chi connectivity index (χ1n) is 3.92. The van der Waals surface area contributed by atoms with Gasteiger partial charge in [0.1, 0.15) is 0 Å². The fraction of sp³-hybridized carbons (Fsp3) is 0.333. The second kappa shape index (κ2) is 4.55. The van der Waals surface area contributed by atoms with Gasteiger partial charge in [-0.05, 0) is 41.1 Å². The van der Waals surface area contributed by atoms with Crippen molar-refractivity contribution in [1.29, 1.82) is 0 Å². The minimum Gasteiger partial charge on any atom is -0.369 e. The zero-order valence-corrected chi connectivity index (χ0v) is 10.1. The molecule has 0 amide bonds. The summed E-state index contributed by atoms with van der Waals surface area (Å²) in [5, 5.41) is 0. The number of aliphatic imine (C=N–C) groups is 1. The van der Waals surface area contributed by atoms with E-state index in [0.717, 1.165) is 5.82 Å². The Morgan fingerprint density at radius 3 is 2.77 bits per heavy atom. The molecule has 0 aliphatic heterocycles. The van der Waals surface area contributed by atoms with Crippen molar-refractivity contribution < 1.29 is 0 Å². The molecule has 13 heavy (non-hydrogen) atoms. The van der Waals surface area contributed by atoms with Gasteiger partial charge in [-0.2, -0.15) is 0 Å². The van der Waals surface area contributed by atoms with Crippen molar-refractivity contribution in [2.45, 2.75) is 6.92 Å². The van der Waals surface area contributed by atoms with E-state index in [1.807, 2.05) is 38.2 Å². The average Bonchev–Trinajstić information content (AvgIpc) is 2.07. The van der Waals surface area contributed by atoms with Crippen LogP contribution in [0.25, 0.3) is 0 Å². The van der Waals surface area contributed by atoms with Gasteiger partial charge < -0.3 is 4.90 Å². The van der Waals surface area contributed by atoms with E-state index in [9.17, 15) is 0 Å². The zero-order chi connectivity index (χ0) is 9.84. The molecule has 1 heterocycles. The SMILES string of the molecule is Cc1cnc(/N=C\N(C)C)cc1I. The van der Waals surface area contributed by atoms with Crippen LogP contribution in [0.5, 0.6) is 0 Å². The van der Waals surface area contributed by atoms with E-state index in [1.165, 1.54) is 9.13 Å². The largest absolute Gasteiger partial charge is 0.369 e. The lowest BCUT2D eigenvalue weighted by Gasteiger charge is -2.02. The summed E-state index contributed by atoms with van der Waals surface area (Å²) in [6.45, 7) is 2.04. The lowest BCUT2D eigenvalue weighted by Crippen LogP contribution is -2.07. The van der Waals surface area contributed by atoms with E-state index in [4.69, 9.17) is 0 Å². The number of hydrogen-bond acceptors (Lipinski definition) is 2. The molecule has 0 spiro atoms. The molecule has 0 aromatic carbocycles. The minimum atomic E-state index is 0.753. The van der Waals surface area contributed by atoms with Gasteiger partial charge in [0.15, 0.2) is 5.82 Å². The van der Waals surface area contributed by atoms with Crippen molar-refractivity contribution in [2.24, 2.45) is 4.99 Å². The van der Waals surface area contributed by atoms with E-state index in [1.54, 1.807) is 6.34 Å². The quantitative estimate of drug-likeness (QED) is 0.474. The van der Waals surface area contributed by atoms with Crippen LogP contribution in [0.3, 0.4) is 0 Å². The summed E-state index contributed by atoms with van der Waals surface area (Å²) in [6, 6.07) is 1.97. The van der Waals surface area contributed by atoms with Gasteiger partial charge in [-0.1, -0.05) is 0 Å². The standard InChI is InChI=1S/C9H12IN3/c1-7-5-11-9(4-8(7)10)12-6-13(2)3/h4-6H,1-3H3/b12-6-. The maximum Gasteiger partial charge on any atom is 0.154 e. The normalized spacial score (nSPS) is 10.8. The predicted molar refractivity (Wildman–Crippen MR) is 63.5 cm³/mol. The first kappa shape index (κ1) is 10.4. The Bertz CT molecular complexity index is 321. The molecule has 0 N–H and O–H groups in total. The molecular formula is C9H12IN3.